The number of nitrogens with two attached hydrogens (primary N) is 1. The fraction of sp³-hybridized carbons (Fsp3) is 1.00. The summed E-state index contributed by atoms with van der Waals surface area (Å²) in [6, 6.07) is 0. The number of ether oxygens (including phenoxy) is 1. The van der Waals surface area contributed by atoms with Crippen LogP contribution in [0.2, 0.25) is 0 Å². The molecule has 1 heterocycles. The van der Waals surface area contributed by atoms with E-state index in [2.05, 4.69) is 0 Å². The Kier molecular flexibility index (Phi) is 7.03. The molecule has 0 radical (unpaired) electrons. The smallest absolute Gasteiger partial charge is 0.214 e. The number of nitrogens with zero attached hydrogens (tertiary/aromatic N) is 1. The fourth-order valence-electron chi connectivity index (χ4n) is 1.91. The van der Waals surface area contributed by atoms with Crippen LogP contribution in [0.1, 0.15) is 32.1 Å². The maximum Gasteiger partial charge on any atom is 0.214 e. The van der Waals surface area contributed by atoms with Crippen molar-refractivity contribution in [2.45, 2.75) is 32.1 Å². The zero-order valence-corrected chi connectivity index (χ0v) is 11.3. The lowest BCUT2D eigenvalue weighted by Crippen LogP contribution is -2.41. The van der Waals surface area contributed by atoms with E-state index in [0.717, 1.165) is 38.6 Å². The van der Waals surface area contributed by atoms with Crippen molar-refractivity contribution in [2.75, 3.05) is 38.6 Å². The molecule has 1 aliphatic heterocycles. The molecular weight excluding hydrogens is 240 g/mol. The molecule has 17 heavy (non-hydrogen) atoms. The van der Waals surface area contributed by atoms with Gasteiger partial charge in [0.15, 0.2) is 0 Å². The summed E-state index contributed by atoms with van der Waals surface area (Å²) in [5, 5.41) is 0. The Balaban J connectivity index is 2.15. The molecule has 2 N–H and O–H groups in total. The predicted octanol–water partition coefficient (Wildman–Crippen LogP) is 0.558. The van der Waals surface area contributed by atoms with Crippen molar-refractivity contribution in [1.29, 1.82) is 0 Å². The molecule has 1 saturated heterocycles. The van der Waals surface area contributed by atoms with Crippen molar-refractivity contribution >= 4 is 10.0 Å². The Morgan fingerprint density at radius 2 is 1.59 bits per heavy atom. The molecule has 0 aliphatic carbocycles. The minimum absolute atomic E-state index is 0.273. The van der Waals surface area contributed by atoms with Gasteiger partial charge in [0.2, 0.25) is 10.0 Å². The molecule has 6 heteroatoms. The van der Waals surface area contributed by atoms with Crippen LogP contribution < -0.4 is 5.73 Å². The zero-order chi connectivity index (χ0) is 12.6. The number of morpholine rings is 1. The van der Waals surface area contributed by atoms with E-state index in [9.17, 15) is 8.42 Å². The Morgan fingerprint density at radius 1 is 1.00 bits per heavy atom. The third-order valence-corrected chi connectivity index (χ3v) is 4.93. The Morgan fingerprint density at radius 3 is 2.24 bits per heavy atom. The molecule has 0 aromatic rings. The van der Waals surface area contributed by atoms with Crippen LogP contribution >= 0.6 is 0 Å². The molecule has 1 fully saturated rings. The summed E-state index contributed by atoms with van der Waals surface area (Å²) in [4.78, 5) is 0. The first-order valence-electron chi connectivity index (χ1n) is 6.42. The van der Waals surface area contributed by atoms with E-state index in [4.69, 9.17) is 10.5 Å². The van der Waals surface area contributed by atoms with E-state index in [1.165, 1.54) is 0 Å². The van der Waals surface area contributed by atoms with Crippen molar-refractivity contribution in [2.24, 2.45) is 5.73 Å². The Labute approximate surface area is 104 Å². The molecule has 0 atom stereocenters. The minimum Gasteiger partial charge on any atom is -0.379 e. The summed E-state index contributed by atoms with van der Waals surface area (Å²) >= 11 is 0. The van der Waals surface area contributed by atoms with Crippen LogP contribution in [0.5, 0.6) is 0 Å². The summed E-state index contributed by atoms with van der Waals surface area (Å²) < 4.78 is 30.5. The van der Waals surface area contributed by atoms with Crippen molar-refractivity contribution in [3.63, 3.8) is 0 Å². The van der Waals surface area contributed by atoms with E-state index in [1.54, 1.807) is 4.31 Å². The summed E-state index contributed by atoms with van der Waals surface area (Å²) in [5.41, 5.74) is 5.40. The van der Waals surface area contributed by atoms with Gasteiger partial charge in [-0.3, -0.25) is 0 Å². The maximum absolute atomic E-state index is 11.9. The minimum atomic E-state index is -3.05. The number of sulfonamides is 1. The van der Waals surface area contributed by atoms with Gasteiger partial charge in [0.25, 0.3) is 0 Å². The summed E-state index contributed by atoms with van der Waals surface area (Å²) in [5.74, 6) is 0.273. The lowest BCUT2D eigenvalue weighted by atomic mass is 10.2. The van der Waals surface area contributed by atoms with Gasteiger partial charge in [-0.05, 0) is 19.4 Å². The van der Waals surface area contributed by atoms with Crippen LogP contribution in [0.25, 0.3) is 0 Å². The van der Waals surface area contributed by atoms with Crippen molar-refractivity contribution < 1.29 is 13.2 Å². The number of hydrogen-bond acceptors (Lipinski definition) is 4. The van der Waals surface area contributed by atoms with Gasteiger partial charge in [-0.2, -0.15) is 4.31 Å². The van der Waals surface area contributed by atoms with Gasteiger partial charge in [0.1, 0.15) is 0 Å². The summed E-state index contributed by atoms with van der Waals surface area (Å²) in [6.07, 6.45) is 4.95. The van der Waals surface area contributed by atoms with Crippen molar-refractivity contribution in [3.05, 3.63) is 0 Å². The van der Waals surface area contributed by atoms with Crippen molar-refractivity contribution in [3.8, 4) is 0 Å². The highest BCUT2D eigenvalue weighted by Crippen LogP contribution is 2.10. The topological polar surface area (TPSA) is 72.6 Å². The molecule has 1 rings (SSSR count). The lowest BCUT2D eigenvalue weighted by Gasteiger charge is -2.25. The lowest BCUT2D eigenvalue weighted by molar-refractivity contribution is 0.0730. The van der Waals surface area contributed by atoms with Gasteiger partial charge in [-0.1, -0.05) is 19.3 Å². The molecule has 0 spiro atoms. The quantitative estimate of drug-likeness (QED) is 0.650. The molecule has 0 saturated carbocycles. The van der Waals surface area contributed by atoms with Gasteiger partial charge in [-0.25, -0.2) is 8.42 Å². The third kappa shape index (κ3) is 5.81. The number of hydrogen-bond donors (Lipinski definition) is 1. The van der Waals surface area contributed by atoms with Crippen molar-refractivity contribution in [1.82, 2.24) is 4.31 Å². The van der Waals surface area contributed by atoms with Crippen LogP contribution in [0.15, 0.2) is 0 Å². The highest BCUT2D eigenvalue weighted by molar-refractivity contribution is 7.89. The first-order valence-corrected chi connectivity index (χ1v) is 8.03. The first kappa shape index (κ1) is 14.9. The fourth-order valence-corrected chi connectivity index (χ4v) is 3.45. The first-order chi connectivity index (χ1) is 8.17. The van der Waals surface area contributed by atoms with Crippen LogP contribution in [0.4, 0.5) is 0 Å². The van der Waals surface area contributed by atoms with Gasteiger partial charge >= 0.3 is 0 Å². The van der Waals surface area contributed by atoms with E-state index < -0.39 is 10.0 Å². The maximum atomic E-state index is 11.9. The second-order valence-electron chi connectivity index (χ2n) is 4.38. The largest absolute Gasteiger partial charge is 0.379 e. The highest BCUT2D eigenvalue weighted by atomic mass is 32.2. The second kappa shape index (κ2) is 8.02. The van der Waals surface area contributed by atoms with E-state index in [1.807, 2.05) is 0 Å². The average Bonchev–Trinajstić information content (AvgIpc) is 2.35. The van der Waals surface area contributed by atoms with Crippen LogP contribution in [0.3, 0.4) is 0 Å². The molecular formula is C11H24N2O3S. The zero-order valence-electron chi connectivity index (χ0n) is 10.4. The Bertz CT molecular complexity index is 287. The summed E-state index contributed by atoms with van der Waals surface area (Å²) in [7, 11) is -3.05. The SMILES string of the molecule is NCCCCCCCS(=O)(=O)N1CCOCC1. The molecule has 0 aromatic heterocycles. The molecule has 0 unspecified atom stereocenters. The Hall–Kier alpha value is -0.170. The van der Waals surface area contributed by atoms with E-state index in [-0.39, 0.29) is 5.75 Å². The molecule has 102 valence electrons. The third-order valence-electron chi connectivity index (χ3n) is 2.97. The van der Waals surface area contributed by atoms with Gasteiger partial charge in [-0.15, -0.1) is 0 Å². The molecule has 0 amide bonds. The van der Waals surface area contributed by atoms with Crippen LogP contribution in [-0.4, -0.2) is 51.3 Å². The van der Waals surface area contributed by atoms with Gasteiger partial charge in [0, 0.05) is 13.1 Å². The van der Waals surface area contributed by atoms with E-state index in [0.29, 0.717) is 26.3 Å². The number of unbranched alkanes of at least 4 members (excludes halogenated alkanes) is 4. The second-order valence-corrected chi connectivity index (χ2v) is 6.47. The summed E-state index contributed by atoms with van der Waals surface area (Å²) in [6.45, 7) is 2.79. The average molecular weight is 264 g/mol. The highest BCUT2D eigenvalue weighted by Gasteiger charge is 2.23. The molecule has 1 aliphatic rings. The monoisotopic (exact) mass is 264 g/mol. The molecule has 5 nitrogen and oxygen atoms in total. The van der Waals surface area contributed by atoms with Crippen LogP contribution in [-0.2, 0) is 14.8 Å². The number of rotatable bonds is 8. The molecule has 0 aromatic carbocycles. The molecule has 0 bridgehead atoms. The van der Waals surface area contributed by atoms with Gasteiger partial charge in [0.05, 0.1) is 19.0 Å². The predicted molar refractivity (Wildman–Crippen MR) is 68.3 cm³/mol. The normalized spacial score (nSPS) is 18.4. The van der Waals surface area contributed by atoms with E-state index >= 15 is 0 Å². The van der Waals surface area contributed by atoms with Gasteiger partial charge < -0.3 is 10.5 Å². The standard InChI is InChI=1S/C11H24N2O3S/c12-6-4-2-1-3-5-11-17(14,15)13-7-9-16-10-8-13/h1-12H2. The van der Waals surface area contributed by atoms with Crippen LogP contribution in [0, 0.1) is 0 Å².